The molecular weight excluding hydrogens is 280 g/mol. The smallest absolute Gasteiger partial charge is 0.0371 e. The highest BCUT2D eigenvalue weighted by atomic mass is 15.2. The number of rotatable bonds is 7. The van der Waals surface area contributed by atoms with E-state index in [9.17, 15) is 0 Å². The van der Waals surface area contributed by atoms with Gasteiger partial charge in [-0.05, 0) is 68.5 Å². The van der Waals surface area contributed by atoms with Crippen LogP contribution in [0.15, 0.2) is 48.5 Å². The molecule has 0 aliphatic heterocycles. The average molecular weight is 310 g/mol. The SMILES string of the molecule is CCC(C)N(c1ccc(Cc2ccc(N)cc2)cc1)C(C)CC. The Balaban J connectivity index is 2.15. The highest BCUT2D eigenvalue weighted by Crippen LogP contribution is 2.24. The van der Waals surface area contributed by atoms with Crippen LogP contribution in [0.5, 0.6) is 0 Å². The summed E-state index contributed by atoms with van der Waals surface area (Å²) in [5, 5.41) is 0. The van der Waals surface area contributed by atoms with E-state index in [1.54, 1.807) is 0 Å². The summed E-state index contributed by atoms with van der Waals surface area (Å²) < 4.78 is 0. The van der Waals surface area contributed by atoms with Gasteiger partial charge >= 0.3 is 0 Å². The molecule has 23 heavy (non-hydrogen) atoms. The molecule has 0 radical (unpaired) electrons. The average Bonchev–Trinajstić information content (AvgIpc) is 2.58. The van der Waals surface area contributed by atoms with Crippen molar-refractivity contribution in [3.8, 4) is 0 Å². The Labute approximate surface area is 141 Å². The zero-order valence-corrected chi connectivity index (χ0v) is 14.9. The summed E-state index contributed by atoms with van der Waals surface area (Å²) in [5.41, 5.74) is 10.5. The van der Waals surface area contributed by atoms with Gasteiger partial charge in [-0.1, -0.05) is 38.1 Å². The van der Waals surface area contributed by atoms with Gasteiger partial charge in [0, 0.05) is 23.5 Å². The largest absolute Gasteiger partial charge is 0.399 e. The number of nitrogens with zero attached hydrogens (tertiary/aromatic N) is 1. The lowest BCUT2D eigenvalue weighted by Gasteiger charge is -2.36. The second-order valence-electron chi connectivity index (χ2n) is 6.51. The highest BCUT2D eigenvalue weighted by molar-refractivity contribution is 5.50. The van der Waals surface area contributed by atoms with E-state index < -0.39 is 0 Å². The van der Waals surface area contributed by atoms with Gasteiger partial charge in [0.2, 0.25) is 0 Å². The fourth-order valence-corrected chi connectivity index (χ4v) is 2.99. The van der Waals surface area contributed by atoms with Crippen LogP contribution >= 0.6 is 0 Å². The Bertz CT molecular complexity index is 576. The molecule has 2 nitrogen and oxygen atoms in total. The highest BCUT2D eigenvalue weighted by Gasteiger charge is 2.18. The topological polar surface area (TPSA) is 29.3 Å². The molecule has 2 rings (SSSR count). The number of hydrogen-bond acceptors (Lipinski definition) is 2. The predicted molar refractivity (Wildman–Crippen MR) is 102 cm³/mol. The number of anilines is 2. The normalized spacial score (nSPS) is 13.6. The Morgan fingerprint density at radius 2 is 1.22 bits per heavy atom. The first kappa shape index (κ1) is 17.4. The van der Waals surface area contributed by atoms with E-state index in [0.717, 1.165) is 24.9 Å². The van der Waals surface area contributed by atoms with Gasteiger partial charge in [-0.3, -0.25) is 0 Å². The monoisotopic (exact) mass is 310 g/mol. The first-order valence-corrected chi connectivity index (χ1v) is 8.76. The van der Waals surface area contributed by atoms with E-state index in [2.05, 4.69) is 69.0 Å². The molecule has 0 bridgehead atoms. The van der Waals surface area contributed by atoms with Crippen LogP contribution in [0, 0.1) is 0 Å². The summed E-state index contributed by atoms with van der Waals surface area (Å²) in [6, 6.07) is 18.3. The lowest BCUT2D eigenvalue weighted by Crippen LogP contribution is -2.39. The molecule has 0 aromatic heterocycles. The standard InChI is InChI=1S/C21H30N2/c1-5-16(3)23(17(4)6-2)21-13-9-19(10-14-21)15-18-7-11-20(22)12-8-18/h7-14,16-17H,5-6,15,22H2,1-4H3. The van der Waals surface area contributed by atoms with E-state index >= 15 is 0 Å². The van der Waals surface area contributed by atoms with Crippen LogP contribution < -0.4 is 10.6 Å². The van der Waals surface area contributed by atoms with E-state index in [1.165, 1.54) is 16.8 Å². The van der Waals surface area contributed by atoms with Crippen molar-refractivity contribution in [1.29, 1.82) is 0 Å². The summed E-state index contributed by atoms with van der Waals surface area (Å²) in [6.07, 6.45) is 3.28. The van der Waals surface area contributed by atoms with E-state index in [0.29, 0.717) is 12.1 Å². The minimum atomic E-state index is 0.563. The van der Waals surface area contributed by atoms with E-state index in [1.807, 2.05) is 12.1 Å². The Hall–Kier alpha value is -1.96. The van der Waals surface area contributed by atoms with Gasteiger partial charge in [0.25, 0.3) is 0 Å². The molecule has 124 valence electrons. The van der Waals surface area contributed by atoms with E-state index in [4.69, 9.17) is 5.73 Å². The molecule has 0 spiro atoms. The second kappa shape index (κ2) is 8.05. The van der Waals surface area contributed by atoms with Crippen LogP contribution in [-0.2, 0) is 6.42 Å². The van der Waals surface area contributed by atoms with Crippen molar-refractivity contribution in [2.24, 2.45) is 0 Å². The summed E-state index contributed by atoms with van der Waals surface area (Å²) in [4.78, 5) is 2.55. The van der Waals surface area contributed by atoms with Gasteiger partial charge in [-0.15, -0.1) is 0 Å². The molecule has 0 saturated carbocycles. The van der Waals surface area contributed by atoms with Crippen LogP contribution in [0.4, 0.5) is 11.4 Å². The van der Waals surface area contributed by atoms with Crippen LogP contribution in [0.3, 0.4) is 0 Å². The van der Waals surface area contributed by atoms with Crippen molar-refractivity contribution >= 4 is 11.4 Å². The number of nitrogens with two attached hydrogens (primary N) is 1. The third kappa shape index (κ3) is 4.51. The molecule has 0 aliphatic carbocycles. The van der Waals surface area contributed by atoms with Crippen molar-refractivity contribution in [3.05, 3.63) is 59.7 Å². The number of nitrogen functional groups attached to an aromatic ring is 1. The van der Waals surface area contributed by atoms with Crippen LogP contribution in [0.2, 0.25) is 0 Å². The molecule has 2 unspecified atom stereocenters. The minimum Gasteiger partial charge on any atom is -0.399 e. The lowest BCUT2D eigenvalue weighted by atomic mass is 10.0. The van der Waals surface area contributed by atoms with E-state index in [-0.39, 0.29) is 0 Å². The fraction of sp³-hybridized carbons (Fsp3) is 0.429. The van der Waals surface area contributed by atoms with Gasteiger partial charge < -0.3 is 10.6 Å². The van der Waals surface area contributed by atoms with Crippen molar-refractivity contribution in [2.45, 2.75) is 59.0 Å². The molecule has 0 heterocycles. The second-order valence-corrected chi connectivity index (χ2v) is 6.51. The first-order chi connectivity index (χ1) is 11.0. The van der Waals surface area contributed by atoms with Crippen molar-refractivity contribution in [3.63, 3.8) is 0 Å². The maximum Gasteiger partial charge on any atom is 0.0371 e. The summed E-state index contributed by atoms with van der Waals surface area (Å²) in [7, 11) is 0. The number of hydrogen-bond donors (Lipinski definition) is 1. The van der Waals surface area contributed by atoms with Crippen LogP contribution in [0.1, 0.15) is 51.7 Å². The summed E-state index contributed by atoms with van der Waals surface area (Å²) >= 11 is 0. The van der Waals surface area contributed by atoms with Crippen LogP contribution in [0.25, 0.3) is 0 Å². The molecule has 0 aliphatic rings. The number of benzene rings is 2. The summed E-state index contributed by atoms with van der Waals surface area (Å²) in [5.74, 6) is 0. The van der Waals surface area contributed by atoms with Gasteiger partial charge in [0.15, 0.2) is 0 Å². The Morgan fingerprint density at radius 3 is 1.65 bits per heavy atom. The quantitative estimate of drug-likeness (QED) is 0.706. The van der Waals surface area contributed by atoms with Crippen molar-refractivity contribution in [2.75, 3.05) is 10.6 Å². The lowest BCUT2D eigenvalue weighted by molar-refractivity contribution is 0.527. The van der Waals surface area contributed by atoms with Crippen molar-refractivity contribution < 1.29 is 0 Å². The molecule has 2 N–H and O–H groups in total. The molecule has 2 aromatic rings. The zero-order chi connectivity index (χ0) is 16.8. The molecule has 0 amide bonds. The third-order valence-electron chi connectivity index (χ3n) is 4.75. The van der Waals surface area contributed by atoms with Crippen molar-refractivity contribution in [1.82, 2.24) is 0 Å². The summed E-state index contributed by atoms with van der Waals surface area (Å²) in [6.45, 7) is 9.15. The molecular formula is C21H30N2. The third-order valence-corrected chi connectivity index (χ3v) is 4.75. The van der Waals surface area contributed by atoms with Gasteiger partial charge in [-0.2, -0.15) is 0 Å². The van der Waals surface area contributed by atoms with Gasteiger partial charge in [0.1, 0.15) is 0 Å². The molecule has 0 saturated heterocycles. The zero-order valence-electron chi connectivity index (χ0n) is 14.9. The predicted octanol–water partition coefficient (Wildman–Crippen LogP) is 5.26. The minimum absolute atomic E-state index is 0.563. The Morgan fingerprint density at radius 1 is 0.783 bits per heavy atom. The first-order valence-electron chi connectivity index (χ1n) is 8.76. The molecule has 2 heteroatoms. The van der Waals surface area contributed by atoms with Crippen LogP contribution in [-0.4, -0.2) is 12.1 Å². The maximum absolute atomic E-state index is 5.75. The maximum atomic E-state index is 5.75. The molecule has 2 atom stereocenters. The fourth-order valence-electron chi connectivity index (χ4n) is 2.99. The Kier molecular flexibility index (Phi) is 6.09. The van der Waals surface area contributed by atoms with Gasteiger partial charge in [0.05, 0.1) is 0 Å². The molecule has 2 aromatic carbocycles. The molecule has 0 fully saturated rings. The van der Waals surface area contributed by atoms with Gasteiger partial charge in [-0.25, -0.2) is 0 Å².